The van der Waals surface area contributed by atoms with Crippen LogP contribution in [0.25, 0.3) is 0 Å². The molecule has 0 bridgehead atoms. The zero-order valence-electron chi connectivity index (χ0n) is 11.9. The van der Waals surface area contributed by atoms with Gasteiger partial charge in [0, 0.05) is 6.54 Å². The number of nitrogens with two attached hydrogens (primary N) is 1. The molecule has 1 aromatic heterocycles. The third-order valence-corrected chi connectivity index (χ3v) is 4.53. The highest BCUT2D eigenvalue weighted by Gasteiger charge is 2.44. The average Bonchev–Trinajstić information content (AvgIpc) is 2.90. The van der Waals surface area contributed by atoms with Crippen molar-refractivity contribution < 1.29 is 4.52 Å². The molecule has 0 amide bonds. The second kappa shape index (κ2) is 5.37. The van der Waals surface area contributed by atoms with Crippen molar-refractivity contribution in [2.24, 2.45) is 5.73 Å². The highest BCUT2D eigenvalue weighted by molar-refractivity contribution is 5.35. The van der Waals surface area contributed by atoms with E-state index in [1.807, 2.05) is 6.07 Å². The van der Waals surface area contributed by atoms with E-state index < -0.39 is 0 Å². The minimum Gasteiger partial charge on any atom is -0.339 e. The smallest absolute Gasteiger partial charge is 0.231 e. The summed E-state index contributed by atoms with van der Waals surface area (Å²) in [4.78, 5) is 4.67. The number of benzene rings is 1. The molecule has 0 spiro atoms. The predicted octanol–water partition coefficient (Wildman–Crippen LogP) is 2.99. The number of nitrogens with zero attached hydrogens (tertiary/aromatic N) is 2. The van der Waals surface area contributed by atoms with E-state index in [2.05, 4.69) is 41.3 Å². The summed E-state index contributed by atoms with van der Waals surface area (Å²) >= 11 is 0. The Kier molecular flexibility index (Phi) is 3.57. The van der Waals surface area contributed by atoms with E-state index >= 15 is 0 Å². The van der Waals surface area contributed by atoms with Crippen molar-refractivity contribution in [3.63, 3.8) is 0 Å². The van der Waals surface area contributed by atoms with Crippen molar-refractivity contribution in [2.75, 3.05) is 6.54 Å². The second-order valence-corrected chi connectivity index (χ2v) is 5.60. The summed E-state index contributed by atoms with van der Waals surface area (Å²) < 4.78 is 5.47. The van der Waals surface area contributed by atoms with E-state index in [9.17, 15) is 0 Å². The molecule has 2 N–H and O–H groups in total. The van der Waals surface area contributed by atoms with Crippen LogP contribution in [0.15, 0.2) is 34.9 Å². The van der Waals surface area contributed by atoms with Crippen molar-refractivity contribution in [1.29, 1.82) is 0 Å². The lowest BCUT2D eigenvalue weighted by molar-refractivity contribution is 0.269. The Bertz CT molecular complexity index is 556. The first-order valence-corrected chi connectivity index (χ1v) is 7.40. The minimum atomic E-state index is -0.0457. The van der Waals surface area contributed by atoms with Crippen LogP contribution in [0.5, 0.6) is 0 Å². The van der Waals surface area contributed by atoms with Gasteiger partial charge in [-0.15, -0.1) is 0 Å². The molecule has 1 heterocycles. The SMILES string of the molecule is CCC(CN)c1nc(C2(c3ccccc3)CCC2)no1. The van der Waals surface area contributed by atoms with E-state index in [0.29, 0.717) is 12.4 Å². The first-order chi connectivity index (χ1) is 9.80. The molecule has 1 saturated carbocycles. The van der Waals surface area contributed by atoms with Crippen LogP contribution in [-0.2, 0) is 5.41 Å². The molecule has 3 rings (SSSR count). The number of hydrogen-bond acceptors (Lipinski definition) is 4. The lowest BCUT2D eigenvalue weighted by Gasteiger charge is -2.39. The van der Waals surface area contributed by atoms with Gasteiger partial charge in [-0.05, 0) is 24.8 Å². The van der Waals surface area contributed by atoms with Crippen molar-refractivity contribution in [3.05, 3.63) is 47.6 Å². The Morgan fingerprint density at radius 3 is 2.60 bits per heavy atom. The van der Waals surface area contributed by atoms with Gasteiger partial charge < -0.3 is 10.3 Å². The van der Waals surface area contributed by atoms with Gasteiger partial charge in [-0.1, -0.05) is 48.8 Å². The standard InChI is InChI=1S/C16H21N3O/c1-2-12(11-17)14-18-15(19-20-14)16(9-6-10-16)13-7-4-3-5-8-13/h3-5,7-8,12H,2,6,9-11,17H2,1H3. The molecule has 1 unspecified atom stereocenters. The molecule has 1 aromatic carbocycles. The van der Waals surface area contributed by atoms with E-state index in [1.165, 1.54) is 12.0 Å². The van der Waals surface area contributed by atoms with Crippen molar-refractivity contribution in [2.45, 2.75) is 43.9 Å². The molecule has 0 saturated heterocycles. The first-order valence-electron chi connectivity index (χ1n) is 7.40. The summed E-state index contributed by atoms with van der Waals surface area (Å²) in [6.07, 6.45) is 4.33. The van der Waals surface area contributed by atoms with Gasteiger partial charge >= 0.3 is 0 Å². The maximum Gasteiger partial charge on any atom is 0.231 e. The molecule has 1 aliphatic carbocycles. The van der Waals surface area contributed by atoms with Gasteiger partial charge in [0.05, 0.1) is 11.3 Å². The molecule has 0 aliphatic heterocycles. The van der Waals surface area contributed by atoms with Crippen LogP contribution in [-0.4, -0.2) is 16.7 Å². The fraction of sp³-hybridized carbons (Fsp3) is 0.500. The Morgan fingerprint density at radius 1 is 1.30 bits per heavy atom. The van der Waals surface area contributed by atoms with Crippen LogP contribution in [0.1, 0.15) is 55.8 Å². The summed E-state index contributed by atoms with van der Waals surface area (Å²) in [6, 6.07) is 10.5. The zero-order chi connectivity index (χ0) is 14.0. The van der Waals surface area contributed by atoms with Gasteiger partial charge in [0.15, 0.2) is 5.82 Å². The molecular weight excluding hydrogens is 250 g/mol. The van der Waals surface area contributed by atoms with Crippen LogP contribution < -0.4 is 5.73 Å². The van der Waals surface area contributed by atoms with Crippen LogP contribution in [0.4, 0.5) is 0 Å². The highest BCUT2D eigenvalue weighted by Crippen LogP contribution is 2.47. The van der Waals surface area contributed by atoms with Gasteiger partial charge in [-0.2, -0.15) is 4.98 Å². The fourth-order valence-electron chi connectivity index (χ4n) is 2.97. The van der Waals surface area contributed by atoms with Crippen molar-refractivity contribution >= 4 is 0 Å². The van der Waals surface area contributed by atoms with Gasteiger partial charge in [-0.25, -0.2) is 0 Å². The molecule has 106 valence electrons. The Labute approximate surface area is 119 Å². The largest absolute Gasteiger partial charge is 0.339 e. The van der Waals surface area contributed by atoms with E-state index in [1.54, 1.807) is 0 Å². The van der Waals surface area contributed by atoms with Gasteiger partial charge in [0.1, 0.15) is 0 Å². The fourth-order valence-corrected chi connectivity index (χ4v) is 2.97. The van der Waals surface area contributed by atoms with Crippen LogP contribution >= 0.6 is 0 Å². The van der Waals surface area contributed by atoms with Crippen LogP contribution in [0, 0.1) is 0 Å². The normalized spacial score (nSPS) is 18.5. The van der Waals surface area contributed by atoms with Crippen LogP contribution in [0.3, 0.4) is 0 Å². The van der Waals surface area contributed by atoms with Gasteiger partial charge in [0.2, 0.25) is 5.89 Å². The van der Waals surface area contributed by atoms with E-state index in [-0.39, 0.29) is 11.3 Å². The third-order valence-electron chi connectivity index (χ3n) is 4.53. The van der Waals surface area contributed by atoms with E-state index in [4.69, 9.17) is 10.3 Å². The topological polar surface area (TPSA) is 64.9 Å². The third kappa shape index (κ3) is 2.04. The Hall–Kier alpha value is -1.68. The lowest BCUT2D eigenvalue weighted by atomic mass is 9.64. The molecule has 1 aliphatic rings. The molecule has 4 heteroatoms. The molecule has 1 atom stereocenters. The minimum absolute atomic E-state index is 0.0457. The van der Waals surface area contributed by atoms with Gasteiger partial charge in [-0.3, -0.25) is 0 Å². The number of rotatable bonds is 5. The van der Waals surface area contributed by atoms with Crippen molar-refractivity contribution in [1.82, 2.24) is 10.1 Å². The monoisotopic (exact) mass is 271 g/mol. The zero-order valence-corrected chi connectivity index (χ0v) is 11.9. The maximum atomic E-state index is 5.76. The van der Waals surface area contributed by atoms with Crippen LogP contribution in [0.2, 0.25) is 0 Å². The summed E-state index contributed by atoms with van der Waals surface area (Å²) in [5.74, 6) is 1.69. The average molecular weight is 271 g/mol. The maximum absolute atomic E-state index is 5.76. The van der Waals surface area contributed by atoms with Gasteiger partial charge in [0.25, 0.3) is 0 Å². The summed E-state index contributed by atoms with van der Waals surface area (Å²) in [7, 11) is 0. The molecule has 0 radical (unpaired) electrons. The second-order valence-electron chi connectivity index (χ2n) is 5.60. The summed E-state index contributed by atoms with van der Waals surface area (Å²) in [6.45, 7) is 2.65. The molecule has 1 fully saturated rings. The highest BCUT2D eigenvalue weighted by atomic mass is 16.5. The number of aromatic nitrogens is 2. The Morgan fingerprint density at radius 2 is 2.05 bits per heavy atom. The molecule has 2 aromatic rings. The number of hydrogen-bond donors (Lipinski definition) is 1. The Balaban J connectivity index is 1.95. The predicted molar refractivity (Wildman–Crippen MR) is 77.5 cm³/mol. The van der Waals surface area contributed by atoms with E-state index in [0.717, 1.165) is 25.1 Å². The lowest BCUT2D eigenvalue weighted by Crippen LogP contribution is -2.36. The molecule has 20 heavy (non-hydrogen) atoms. The molecular formula is C16H21N3O. The quantitative estimate of drug-likeness (QED) is 0.908. The molecule has 4 nitrogen and oxygen atoms in total. The summed E-state index contributed by atoms with van der Waals surface area (Å²) in [5.41, 5.74) is 7.01. The van der Waals surface area contributed by atoms with Crippen molar-refractivity contribution in [3.8, 4) is 0 Å². The first kappa shape index (κ1) is 13.3. The summed E-state index contributed by atoms with van der Waals surface area (Å²) in [5, 5.41) is 4.26.